The molecule has 3 N–H and O–H groups in total. The molecule has 0 amide bonds. The number of rotatable bonds is 0. The third kappa shape index (κ3) is 1.26. The monoisotopic (exact) mass is 174 g/mol. The van der Waals surface area contributed by atoms with E-state index in [4.69, 9.17) is 5.73 Å². The van der Waals surface area contributed by atoms with Gasteiger partial charge < -0.3 is 11.1 Å². The first-order valence-corrected chi connectivity index (χ1v) is 3.24. The summed E-state index contributed by atoms with van der Waals surface area (Å²) >= 11 is 3.32. The Morgan fingerprint density at radius 2 is 2.50 bits per heavy atom. The van der Waals surface area contributed by atoms with Crippen molar-refractivity contribution >= 4 is 15.9 Å². The van der Waals surface area contributed by atoms with Crippen molar-refractivity contribution in [3.05, 3.63) is 24.0 Å². The highest BCUT2D eigenvalue weighted by Gasteiger charge is 1.97. The molecule has 44 valence electrons. The van der Waals surface area contributed by atoms with Gasteiger partial charge in [-0.05, 0) is 12.2 Å². The topological polar surface area (TPSA) is 38.0 Å². The van der Waals surface area contributed by atoms with Crippen LogP contribution in [0.1, 0.15) is 0 Å². The Morgan fingerprint density at radius 3 is 2.88 bits per heavy atom. The van der Waals surface area contributed by atoms with E-state index in [-0.39, 0.29) is 4.95 Å². The summed E-state index contributed by atoms with van der Waals surface area (Å²) in [6.45, 7) is 0. The number of alkyl halides is 1. The quantitative estimate of drug-likeness (QED) is 0.419. The number of hydrogen-bond acceptors (Lipinski definition) is 2. The van der Waals surface area contributed by atoms with Crippen LogP contribution in [0.3, 0.4) is 0 Å². The highest BCUT2D eigenvalue weighted by atomic mass is 79.9. The van der Waals surface area contributed by atoms with Crippen LogP contribution in [-0.4, -0.2) is 4.95 Å². The molecule has 0 aromatic carbocycles. The summed E-state index contributed by atoms with van der Waals surface area (Å²) in [5.74, 6) is 0. The predicted octanol–water partition coefficient (Wildman–Crippen LogP) is 0.667. The zero-order valence-corrected chi connectivity index (χ0v) is 5.85. The van der Waals surface area contributed by atoms with E-state index in [9.17, 15) is 0 Å². The molecule has 0 aromatic heterocycles. The lowest BCUT2D eigenvalue weighted by Gasteiger charge is -2.09. The SMILES string of the molecule is NC1=CNC(Br)C=C1. The average molecular weight is 175 g/mol. The van der Waals surface area contributed by atoms with Gasteiger partial charge in [-0.1, -0.05) is 15.9 Å². The highest BCUT2D eigenvalue weighted by molar-refractivity contribution is 9.09. The Hall–Kier alpha value is -0.440. The molecule has 1 aliphatic heterocycles. The van der Waals surface area contributed by atoms with Gasteiger partial charge in [0.25, 0.3) is 0 Å². The van der Waals surface area contributed by atoms with Crippen LogP contribution in [0.15, 0.2) is 24.0 Å². The normalized spacial score (nSPS) is 26.6. The first-order valence-electron chi connectivity index (χ1n) is 2.33. The molecule has 0 spiro atoms. The van der Waals surface area contributed by atoms with Gasteiger partial charge in [0.2, 0.25) is 0 Å². The standard InChI is InChI=1S/C5H7BrN2/c6-5-2-1-4(7)3-8-5/h1-3,5,8H,7H2. The number of hydrogen-bond donors (Lipinski definition) is 2. The van der Waals surface area contributed by atoms with Gasteiger partial charge in [-0.3, -0.25) is 0 Å². The van der Waals surface area contributed by atoms with Crippen LogP contribution in [-0.2, 0) is 0 Å². The number of nitrogens with two attached hydrogens (primary N) is 1. The van der Waals surface area contributed by atoms with E-state index in [0.29, 0.717) is 0 Å². The minimum Gasteiger partial charge on any atom is -0.398 e. The summed E-state index contributed by atoms with van der Waals surface area (Å²) in [7, 11) is 0. The van der Waals surface area contributed by atoms with Crippen LogP contribution in [0, 0.1) is 0 Å². The van der Waals surface area contributed by atoms with Crippen molar-refractivity contribution in [1.82, 2.24) is 5.32 Å². The van der Waals surface area contributed by atoms with Gasteiger partial charge in [0.15, 0.2) is 0 Å². The van der Waals surface area contributed by atoms with Crippen molar-refractivity contribution in [2.75, 3.05) is 0 Å². The van der Waals surface area contributed by atoms with Gasteiger partial charge in [-0.15, -0.1) is 0 Å². The second kappa shape index (κ2) is 2.22. The maximum absolute atomic E-state index is 5.39. The van der Waals surface area contributed by atoms with E-state index < -0.39 is 0 Å². The first kappa shape index (κ1) is 5.69. The van der Waals surface area contributed by atoms with E-state index in [1.165, 1.54) is 0 Å². The summed E-state index contributed by atoms with van der Waals surface area (Å²) in [4.78, 5) is 0.245. The molecular formula is C5H7BrN2. The van der Waals surface area contributed by atoms with Gasteiger partial charge in [-0.25, -0.2) is 0 Å². The highest BCUT2D eigenvalue weighted by Crippen LogP contribution is 2.02. The van der Waals surface area contributed by atoms with Crippen molar-refractivity contribution in [2.45, 2.75) is 4.95 Å². The molecule has 0 aromatic rings. The summed E-state index contributed by atoms with van der Waals surface area (Å²) in [6.07, 6.45) is 5.56. The van der Waals surface area contributed by atoms with Crippen molar-refractivity contribution in [3.63, 3.8) is 0 Å². The van der Waals surface area contributed by atoms with Crippen molar-refractivity contribution in [2.24, 2.45) is 5.73 Å². The molecule has 8 heavy (non-hydrogen) atoms. The minimum atomic E-state index is 0.245. The van der Waals surface area contributed by atoms with Gasteiger partial charge >= 0.3 is 0 Å². The van der Waals surface area contributed by atoms with E-state index in [1.807, 2.05) is 12.2 Å². The Bertz CT molecular complexity index is 139. The van der Waals surface area contributed by atoms with Crippen LogP contribution < -0.4 is 11.1 Å². The molecule has 1 heterocycles. The zero-order valence-electron chi connectivity index (χ0n) is 4.26. The number of allylic oxidation sites excluding steroid dienone is 1. The maximum atomic E-state index is 5.39. The molecule has 0 saturated heterocycles. The molecule has 1 rings (SSSR count). The Labute approximate surface area is 56.6 Å². The van der Waals surface area contributed by atoms with E-state index >= 15 is 0 Å². The van der Waals surface area contributed by atoms with Crippen LogP contribution in [0.4, 0.5) is 0 Å². The summed E-state index contributed by atoms with van der Waals surface area (Å²) in [6, 6.07) is 0. The van der Waals surface area contributed by atoms with Gasteiger partial charge in [0.05, 0.1) is 0 Å². The van der Waals surface area contributed by atoms with Gasteiger partial charge in [0, 0.05) is 11.9 Å². The smallest absolute Gasteiger partial charge is 0.100 e. The Balaban J connectivity index is 2.58. The predicted molar refractivity (Wildman–Crippen MR) is 37.3 cm³/mol. The Morgan fingerprint density at radius 1 is 1.75 bits per heavy atom. The molecule has 0 bridgehead atoms. The molecule has 0 saturated carbocycles. The third-order valence-electron chi connectivity index (χ3n) is 0.867. The lowest BCUT2D eigenvalue weighted by molar-refractivity contribution is 0.908. The number of dihydropyridines is 1. The third-order valence-corrected chi connectivity index (χ3v) is 1.44. The fourth-order valence-corrected chi connectivity index (χ4v) is 0.760. The first-order chi connectivity index (χ1) is 3.79. The zero-order chi connectivity index (χ0) is 5.98. The van der Waals surface area contributed by atoms with Crippen LogP contribution in [0.5, 0.6) is 0 Å². The summed E-state index contributed by atoms with van der Waals surface area (Å²) < 4.78 is 0. The summed E-state index contributed by atoms with van der Waals surface area (Å²) in [5.41, 5.74) is 6.15. The molecule has 1 unspecified atom stereocenters. The average Bonchev–Trinajstić information content (AvgIpc) is 1.77. The minimum absolute atomic E-state index is 0.245. The molecule has 0 fully saturated rings. The van der Waals surface area contributed by atoms with E-state index in [1.54, 1.807) is 6.20 Å². The number of nitrogens with one attached hydrogen (secondary N) is 1. The Kier molecular flexibility index (Phi) is 1.58. The molecule has 1 atom stereocenters. The molecule has 3 heteroatoms. The molecular weight excluding hydrogens is 168 g/mol. The second-order valence-corrected chi connectivity index (χ2v) is 2.56. The van der Waals surface area contributed by atoms with E-state index in [2.05, 4.69) is 21.2 Å². The van der Waals surface area contributed by atoms with E-state index in [0.717, 1.165) is 5.70 Å². The van der Waals surface area contributed by atoms with Crippen molar-refractivity contribution in [1.29, 1.82) is 0 Å². The van der Waals surface area contributed by atoms with Gasteiger partial charge in [0.1, 0.15) is 4.95 Å². The molecule has 2 nitrogen and oxygen atoms in total. The largest absolute Gasteiger partial charge is 0.398 e. The van der Waals surface area contributed by atoms with Crippen molar-refractivity contribution in [3.8, 4) is 0 Å². The van der Waals surface area contributed by atoms with Crippen LogP contribution in [0.2, 0.25) is 0 Å². The fraction of sp³-hybridized carbons (Fsp3) is 0.200. The second-order valence-electron chi connectivity index (χ2n) is 1.57. The van der Waals surface area contributed by atoms with Gasteiger partial charge in [-0.2, -0.15) is 0 Å². The lowest BCUT2D eigenvalue weighted by atomic mass is 10.3. The maximum Gasteiger partial charge on any atom is 0.100 e. The van der Waals surface area contributed by atoms with Crippen molar-refractivity contribution < 1.29 is 0 Å². The molecule has 0 radical (unpaired) electrons. The lowest BCUT2D eigenvalue weighted by Crippen LogP contribution is -2.19. The number of halogens is 1. The molecule has 0 aliphatic carbocycles. The molecule has 1 aliphatic rings. The fourth-order valence-electron chi connectivity index (χ4n) is 0.475. The van der Waals surface area contributed by atoms with Crippen LogP contribution in [0.25, 0.3) is 0 Å². The van der Waals surface area contributed by atoms with Crippen LogP contribution >= 0.6 is 15.9 Å². The summed E-state index contributed by atoms with van der Waals surface area (Å²) in [5, 5.41) is 2.97.